The number of ether oxygens (including phenoxy) is 1. The van der Waals surface area contributed by atoms with Crippen LogP contribution in [-0.4, -0.2) is 33.8 Å². The van der Waals surface area contributed by atoms with Crippen LogP contribution in [0.25, 0.3) is 34.0 Å². The summed E-state index contributed by atoms with van der Waals surface area (Å²) in [4.78, 5) is 21.4. The number of nitrogens with zero attached hydrogens (tertiary/aromatic N) is 4. The van der Waals surface area contributed by atoms with Crippen LogP contribution < -0.4 is 15.6 Å². The maximum atomic E-state index is 12.1. The molecule has 0 radical (unpaired) electrons. The van der Waals surface area contributed by atoms with E-state index in [2.05, 4.69) is 15.5 Å². The Kier molecular flexibility index (Phi) is 6.37. The number of hydrogen-bond donors (Lipinski definition) is 1. The van der Waals surface area contributed by atoms with E-state index in [0.717, 1.165) is 34.7 Å². The zero-order valence-corrected chi connectivity index (χ0v) is 19.4. The number of aryl methyl sites for hydroxylation is 1. The van der Waals surface area contributed by atoms with Crippen LogP contribution in [0.3, 0.4) is 0 Å². The normalized spacial score (nSPS) is 11.2. The van der Waals surface area contributed by atoms with Crippen molar-refractivity contribution in [2.75, 3.05) is 14.2 Å². The third kappa shape index (κ3) is 4.56. The quantitative estimate of drug-likeness (QED) is 0.446. The van der Waals surface area contributed by atoms with Crippen molar-refractivity contribution in [1.82, 2.24) is 25.0 Å². The second-order valence-corrected chi connectivity index (χ2v) is 8.09. The van der Waals surface area contributed by atoms with E-state index >= 15 is 0 Å². The zero-order chi connectivity index (χ0) is 23.5. The van der Waals surface area contributed by atoms with Gasteiger partial charge in [-0.1, -0.05) is 11.2 Å². The fourth-order valence-corrected chi connectivity index (χ4v) is 3.66. The van der Waals surface area contributed by atoms with Gasteiger partial charge in [-0.15, -0.1) is 0 Å². The summed E-state index contributed by atoms with van der Waals surface area (Å²) in [7, 11) is 3.54. The fourth-order valence-electron chi connectivity index (χ4n) is 3.66. The van der Waals surface area contributed by atoms with Gasteiger partial charge in [0.2, 0.25) is 0 Å². The fraction of sp³-hybridized carbons (Fsp3) is 0.280. The average Bonchev–Trinajstić information content (AvgIpc) is 3.29. The Morgan fingerprint density at radius 3 is 2.73 bits per heavy atom. The van der Waals surface area contributed by atoms with Gasteiger partial charge in [0.05, 0.1) is 24.7 Å². The summed E-state index contributed by atoms with van der Waals surface area (Å²) in [5, 5.41) is 7.39. The third-order valence-corrected chi connectivity index (χ3v) is 5.41. The number of methoxy groups -OCH3 is 1. The molecule has 0 aliphatic carbocycles. The minimum absolute atomic E-state index is 0. The summed E-state index contributed by atoms with van der Waals surface area (Å²) >= 11 is 0. The molecule has 0 saturated heterocycles. The molecule has 1 aromatic carbocycles. The molecule has 0 fully saturated rings. The SMILES string of the molecule is CNCc1ccc(-c2cc(-c3nc(-c4ccc(=O)n(C(C)C)c4)cnc3C)on2)c(OC)c1.[HH]. The summed E-state index contributed by atoms with van der Waals surface area (Å²) in [5.74, 6) is 1.23. The van der Waals surface area contributed by atoms with E-state index in [1.165, 1.54) is 0 Å². The second kappa shape index (κ2) is 9.38. The predicted octanol–water partition coefficient (Wildman–Crippen LogP) is 4.49. The largest absolute Gasteiger partial charge is 0.496 e. The summed E-state index contributed by atoms with van der Waals surface area (Å²) in [6.45, 7) is 6.54. The average molecular weight is 448 g/mol. The first-order valence-electron chi connectivity index (χ1n) is 10.8. The molecule has 0 unspecified atom stereocenters. The van der Waals surface area contributed by atoms with Gasteiger partial charge in [-0.05, 0) is 51.6 Å². The van der Waals surface area contributed by atoms with Crippen molar-refractivity contribution in [3.8, 4) is 39.7 Å². The molecule has 0 atom stereocenters. The molecule has 4 rings (SSSR count). The van der Waals surface area contributed by atoms with Crippen molar-refractivity contribution in [1.29, 1.82) is 0 Å². The highest BCUT2D eigenvalue weighted by molar-refractivity contribution is 5.72. The Morgan fingerprint density at radius 2 is 2.00 bits per heavy atom. The van der Waals surface area contributed by atoms with Crippen LogP contribution >= 0.6 is 0 Å². The van der Waals surface area contributed by atoms with Gasteiger partial charge >= 0.3 is 0 Å². The van der Waals surface area contributed by atoms with Gasteiger partial charge in [0.25, 0.3) is 5.56 Å². The number of nitrogens with one attached hydrogen (secondary N) is 1. The molecule has 172 valence electrons. The van der Waals surface area contributed by atoms with Crippen molar-refractivity contribution in [2.24, 2.45) is 0 Å². The van der Waals surface area contributed by atoms with Crippen molar-refractivity contribution in [2.45, 2.75) is 33.4 Å². The summed E-state index contributed by atoms with van der Waals surface area (Å²) in [5.41, 5.74) is 5.31. The second-order valence-electron chi connectivity index (χ2n) is 8.09. The molecule has 0 spiro atoms. The first kappa shape index (κ1) is 22.4. The minimum atomic E-state index is -0.0522. The van der Waals surface area contributed by atoms with Gasteiger partial charge in [0.15, 0.2) is 5.76 Å². The van der Waals surface area contributed by atoms with E-state index in [1.807, 2.05) is 52.1 Å². The number of rotatable bonds is 7. The molecule has 0 bridgehead atoms. The highest BCUT2D eigenvalue weighted by Crippen LogP contribution is 2.33. The molecule has 33 heavy (non-hydrogen) atoms. The molecule has 0 saturated carbocycles. The Labute approximate surface area is 193 Å². The highest BCUT2D eigenvalue weighted by Gasteiger charge is 2.17. The van der Waals surface area contributed by atoms with Gasteiger partial charge in [-0.25, -0.2) is 4.98 Å². The lowest BCUT2D eigenvalue weighted by atomic mass is 10.1. The van der Waals surface area contributed by atoms with Gasteiger partial charge in [-0.3, -0.25) is 9.78 Å². The van der Waals surface area contributed by atoms with E-state index in [-0.39, 0.29) is 13.0 Å². The van der Waals surface area contributed by atoms with E-state index in [1.54, 1.807) is 36.2 Å². The zero-order valence-electron chi connectivity index (χ0n) is 19.4. The van der Waals surface area contributed by atoms with Crippen molar-refractivity contribution >= 4 is 0 Å². The lowest BCUT2D eigenvalue weighted by Gasteiger charge is -2.11. The Morgan fingerprint density at radius 1 is 1.18 bits per heavy atom. The topological polar surface area (TPSA) is 95.1 Å². The molecular weight excluding hydrogens is 418 g/mol. The van der Waals surface area contributed by atoms with Crippen LogP contribution in [0.4, 0.5) is 0 Å². The highest BCUT2D eigenvalue weighted by atomic mass is 16.5. The number of hydrogen-bond acceptors (Lipinski definition) is 7. The monoisotopic (exact) mass is 447 g/mol. The summed E-state index contributed by atoms with van der Waals surface area (Å²) in [6.07, 6.45) is 3.50. The molecule has 3 heterocycles. The molecule has 0 amide bonds. The maximum Gasteiger partial charge on any atom is 0.250 e. The van der Waals surface area contributed by atoms with Crippen LogP contribution in [0.15, 0.2) is 58.1 Å². The van der Waals surface area contributed by atoms with E-state index < -0.39 is 0 Å². The molecule has 4 aromatic rings. The van der Waals surface area contributed by atoms with E-state index in [0.29, 0.717) is 22.8 Å². The van der Waals surface area contributed by atoms with Crippen LogP contribution in [0.1, 0.15) is 32.6 Å². The van der Waals surface area contributed by atoms with Gasteiger partial charge in [0, 0.05) is 43.5 Å². The molecular formula is C25H29N5O3. The number of aromatic nitrogens is 4. The summed E-state index contributed by atoms with van der Waals surface area (Å²) < 4.78 is 12.9. The van der Waals surface area contributed by atoms with Gasteiger partial charge < -0.3 is 19.1 Å². The summed E-state index contributed by atoms with van der Waals surface area (Å²) in [6, 6.07) is 11.2. The first-order chi connectivity index (χ1) is 15.9. The number of pyridine rings is 1. The van der Waals surface area contributed by atoms with Crippen molar-refractivity contribution in [3.05, 3.63) is 70.4 Å². The number of benzene rings is 1. The predicted molar refractivity (Wildman–Crippen MR) is 129 cm³/mol. The Bertz CT molecular complexity index is 1350. The lowest BCUT2D eigenvalue weighted by molar-refractivity contribution is 0.413. The lowest BCUT2D eigenvalue weighted by Crippen LogP contribution is -2.20. The molecule has 0 aliphatic rings. The standard InChI is InChI=1S/C25H27N5O3.H2/c1-15(2)30-14-18(7-9-24(30)31)21-13-27-16(3)25(28-21)23-11-20(29-33-23)19-8-6-17(12-26-4)10-22(19)32-5;/h6-11,13-15,26H,12H2,1-5H3;1H. The molecule has 0 aliphatic heterocycles. The molecule has 3 aromatic heterocycles. The first-order valence-corrected chi connectivity index (χ1v) is 10.8. The molecule has 1 N–H and O–H groups in total. The minimum Gasteiger partial charge on any atom is -0.496 e. The van der Waals surface area contributed by atoms with Gasteiger partial charge in [-0.2, -0.15) is 0 Å². The Balaban J connectivity index is 0.00000324. The maximum absolute atomic E-state index is 12.1. The molecule has 8 nitrogen and oxygen atoms in total. The van der Waals surface area contributed by atoms with Crippen molar-refractivity contribution < 1.29 is 10.7 Å². The van der Waals surface area contributed by atoms with E-state index in [4.69, 9.17) is 14.2 Å². The van der Waals surface area contributed by atoms with Gasteiger partial charge in [0.1, 0.15) is 17.1 Å². The smallest absolute Gasteiger partial charge is 0.250 e. The van der Waals surface area contributed by atoms with Crippen LogP contribution in [0.2, 0.25) is 0 Å². The van der Waals surface area contributed by atoms with Crippen LogP contribution in [0, 0.1) is 6.92 Å². The van der Waals surface area contributed by atoms with Crippen LogP contribution in [-0.2, 0) is 6.54 Å². The van der Waals surface area contributed by atoms with Crippen LogP contribution in [0.5, 0.6) is 5.75 Å². The third-order valence-electron chi connectivity index (χ3n) is 5.41. The van der Waals surface area contributed by atoms with Crippen molar-refractivity contribution in [3.63, 3.8) is 0 Å². The molecule has 8 heteroatoms. The van der Waals surface area contributed by atoms with E-state index in [9.17, 15) is 4.79 Å². The Hall–Kier alpha value is -3.78.